The van der Waals surface area contributed by atoms with E-state index < -0.39 is 6.09 Å². The molecule has 0 spiro atoms. The highest BCUT2D eigenvalue weighted by atomic mass is 16.4. The minimum Gasteiger partial charge on any atom is -0.465 e. The van der Waals surface area contributed by atoms with Gasteiger partial charge in [-0.1, -0.05) is 48.5 Å². The van der Waals surface area contributed by atoms with E-state index >= 15 is 0 Å². The maximum absolute atomic E-state index is 10.5. The quantitative estimate of drug-likeness (QED) is 0.768. The molecule has 21 heavy (non-hydrogen) atoms. The summed E-state index contributed by atoms with van der Waals surface area (Å²) in [6.45, 7) is 0.309. The molecule has 0 unspecified atom stereocenters. The van der Waals surface area contributed by atoms with Crippen molar-refractivity contribution in [2.75, 3.05) is 0 Å². The molecule has 3 rings (SSSR count). The number of nitrogens with zero attached hydrogens (tertiary/aromatic N) is 1. The third-order valence-electron chi connectivity index (χ3n) is 3.38. The largest absolute Gasteiger partial charge is 0.465 e. The molecular formula is C17H14N2O2. The van der Waals surface area contributed by atoms with E-state index in [4.69, 9.17) is 5.11 Å². The Balaban J connectivity index is 1.94. The second-order valence-corrected chi connectivity index (χ2v) is 4.76. The minimum absolute atomic E-state index is 0.309. The van der Waals surface area contributed by atoms with Gasteiger partial charge < -0.3 is 10.4 Å². The van der Waals surface area contributed by atoms with Gasteiger partial charge in [-0.25, -0.2) is 4.79 Å². The van der Waals surface area contributed by atoms with E-state index in [1.165, 1.54) is 0 Å². The summed E-state index contributed by atoms with van der Waals surface area (Å²) < 4.78 is 0. The van der Waals surface area contributed by atoms with Crippen LogP contribution in [0.5, 0.6) is 0 Å². The molecule has 0 atom stereocenters. The van der Waals surface area contributed by atoms with Crippen molar-refractivity contribution in [3.05, 3.63) is 66.5 Å². The molecule has 0 aliphatic carbocycles. The number of amides is 1. The SMILES string of the molecule is O=C(O)NCc1ccc(-c2cncc3ccccc23)cc1. The zero-order chi connectivity index (χ0) is 14.7. The number of fused-ring (bicyclic) bond motifs is 1. The molecule has 1 amide bonds. The minimum atomic E-state index is -1.02. The molecule has 4 nitrogen and oxygen atoms in total. The summed E-state index contributed by atoms with van der Waals surface area (Å²) in [6.07, 6.45) is 2.69. The molecule has 0 aliphatic heterocycles. The average molecular weight is 278 g/mol. The van der Waals surface area contributed by atoms with E-state index in [-0.39, 0.29) is 0 Å². The summed E-state index contributed by atoms with van der Waals surface area (Å²) >= 11 is 0. The highest BCUT2D eigenvalue weighted by Crippen LogP contribution is 2.27. The number of rotatable bonds is 3. The van der Waals surface area contributed by atoms with Crippen molar-refractivity contribution >= 4 is 16.9 Å². The third-order valence-corrected chi connectivity index (χ3v) is 3.38. The van der Waals surface area contributed by atoms with Crippen LogP contribution in [0.2, 0.25) is 0 Å². The predicted octanol–water partition coefficient (Wildman–Crippen LogP) is 3.67. The zero-order valence-electron chi connectivity index (χ0n) is 11.3. The maximum atomic E-state index is 10.5. The van der Waals surface area contributed by atoms with Crippen LogP contribution in [0.3, 0.4) is 0 Å². The lowest BCUT2D eigenvalue weighted by Gasteiger charge is -2.07. The molecule has 104 valence electrons. The first kappa shape index (κ1) is 13.1. The topological polar surface area (TPSA) is 62.2 Å². The number of benzene rings is 2. The first-order valence-corrected chi connectivity index (χ1v) is 6.63. The monoisotopic (exact) mass is 278 g/mol. The summed E-state index contributed by atoms with van der Waals surface area (Å²) in [5.41, 5.74) is 3.07. The molecule has 1 heterocycles. The molecule has 0 radical (unpaired) electrons. The number of nitrogens with one attached hydrogen (secondary N) is 1. The Labute approximate surface area is 122 Å². The highest BCUT2D eigenvalue weighted by molar-refractivity contribution is 5.95. The summed E-state index contributed by atoms with van der Waals surface area (Å²) in [7, 11) is 0. The van der Waals surface area contributed by atoms with Crippen molar-refractivity contribution in [3.8, 4) is 11.1 Å². The Morgan fingerprint density at radius 3 is 2.57 bits per heavy atom. The maximum Gasteiger partial charge on any atom is 0.404 e. The Hall–Kier alpha value is -2.88. The van der Waals surface area contributed by atoms with Crippen molar-refractivity contribution in [2.24, 2.45) is 0 Å². The summed E-state index contributed by atoms with van der Waals surface area (Å²) in [5, 5.41) is 13.2. The lowest BCUT2D eigenvalue weighted by atomic mass is 10.00. The number of carboxylic acid groups (broad SMARTS) is 1. The van der Waals surface area contributed by atoms with Gasteiger partial charge in [0, 0.05) is 29.9 Å². The fourth-order valence-corrected chi connectivity index (χ4v) is 2.33. The lowest BCUT2D eigenvalue weighted by molar-refractivity contribution is 0.194. The molecule has 0 saturated heterocycles. The van der Waals surface area contributed by atoms with Crippen LogP contribution >= 0.6 is 0 Å². The fraction of sp³-hybridized carbons (Fsp3) is 0.0588. The van der Waals surface area contributed by atoms with E-state index in [1.54, 1.807) is 0 Å². The van der Waals surface area contributed by atoms with Crippen molar-refractivity contribution in [1.29, 1.82) is 0 Å². The molecule has 0 bridgehead atoms. The van der Waals surface area contributed by atoms with Crippen molar-refractivity contribution < 1.29 is 9.90 Å². The standard InChI is InChI=1S/C17H14N2O2/c20-17(21)19-9-12-5-7-13(8-6-12)16-11-18-10-14-3-1-2-4-15(14)16/h1-8,10-11,19H,9H2,(H,20,21). The number of hydrogen-bond donors (Lipinski definition) is 2. The summed E-state index contributed by atoms with van der Waals surface area (Å²) in [4.78, 5) is 14.8. The van der Waals surface area contributed by atoms with Gasteiger partial charge in [-0.15, -0.1) is 0 Å². The predicted molar refractivity (Wildman–Crippen MR) is 82.0 cm³/mol. The Morgan fingerprint density at radius 2 is 1.81 bits per heavy atom. The van der Waals surface area contributed by atoms with E-state index in [2.05, 4.69) is 16.4 Å². The zero-order valence-corrected chi connectivity index (χ0v) is 11.3. The second-order valence-electron chi connectivity index (χ2n) is 4.76. The molecular weight excluding hydrogens is 264 g/mol. The molecule has 0 fully saturated rings. The molecule has 4 heteroatoms. The Bertz CT molecular complexity index is 777. The van der Waals surface area contributed by atoms with Crippen LogP contribution in [-0.2, 0) is 6.54 Å². The van der Waals surface area contributed by atoms with Crippen molar-refractivity contribution in [1.82, 2.24) is 10.3 Å². The van der Waals surface area contributed by atoms with Crippen LogP contribution in [0.25, 0.3) is 21.9 Å². The van der Waals surface area contributed by atoms with Gasteiger partial charge in [-0.05, 0) is 16.5 Å². The van der Waals surface area contributed by atoms with Gasteiger partial charge >= 0.3 is 6.09 Å². The first-order valence-electron chi connectivity index (χ1n) is 6.63. The highest BCUT2D eigenvalue weighted by Gasteiger charge is 2.04. The lowest BCUT2D eigenvalue weighted by Crippen LogP contribution is -2.19. The molecule has 3 aromatic rings. The van der Waals surface area contributed by atoms with E-state index in [9.17, 15) is 4.79 Å². The van der Waals surface area contributed by atoms with Gasteiger partial charge in [0.1, 0.15) is 0 Å². The van der Waals surface area contributed by atoms with Gasteiger partial charge in [0.15, 0.2) is 0 Å². The molecule has 2 aromatic carbocycles. The number of carbonyl (C=O) groups is 1. The van der Waals surface area contributed by atoms with E-state index in [0.29, 0.717) is 6.54 Å². The third kappa shape index (κ3) is 2.84. The van der Waals surface area contributed by atoms with Gasteiger partial charge in [-0.2, -0.15) is 0 Å². The summed E-state index contributed by atoms with van der Waals surface area (Å²) in [5.74, 6) is 0. The van der Waals surface area contributed by atoms with Crippen LogP contribution in [0.4, 0.5) is 4.79 Å². The Morgan fingerprint density at radius 1 is 1.05 bits per heavy atom. The van der Waals surface area contributed by atoms with Crippen LogP contribution in [0, 0.1) is 0 Å². The van der Waals surface area contributed by atoms with Gasteiger partial charge in [-0.3, -0.25) is 4.98 Å². The van der Waals surface area contributed by atoms with Crippen molar-refractivity contribution in [2.45, 2.75) is 6.54 Å². The van der Waals surface area contributed by atoms with Crippen LogP contribution in [0.1, 0.15) is 5.56 Å². The van der Waals surface area contributed by atoms with Gasteiger partial charge in [0.25, 0.3) is 0 Å². The fourth-order valence-electron chi connectivity index (χ4n) is 2.33. The number of aromatic nitrogens is 1. The molecule has 1 aromatic heterocycles. The first-order chi connectivity index (χ1) is 10.2. The normalized spacial score (nSPS) is 10.5. The summed E-state index contributed by atoms with van der Waals surface area (Å²) in [6, 6.07) is 15.9. The Kier molecular flexibility index (Phi) is 3.51. The van der Waals surface area contributed by atoms with Crippen molar-refractivity contribution in [3.63, 3.8) is 0 Å². The van der Waals surface area contributed by atoms with Gasteiger partial charge in [0.05, 0.1) is 0 Å². The van der Waals surface area contributed by atoms with Crippen LogP contribution in [-0.4, -0.2) is 16.2 Å². The van der Waals surface area contributed by atoms with Crippen LogP contribution < -0.4 is 5.32 Å². The second kappa shape index (κ2) is 5.63. The molecule has 0 saturated carbocycles. The number of pyridine rings is 1. The van der Waals surface area contributed by atoms with E-state index in [0.717, 1.165) is 27.5 Å². The smallest absolute Gasteiger partial charge is 0.404 e. The molecule has 0 aliphatic rings. The average Bonchev–Trinajstić information content (AvgIpc) is 2.53. The van der Waals surface area contributed by atoms with Crippen LogP contribution in [0.15, 0.2) is 60.9 Å². The van der Waals surface area contributed by atoms with E-state index in [1.807, 2.05) is 54.9 Å². The number of hydrogen-bond acceptors (Lipinski definition) is 2. The van der Waals surface area contributed by atoms with Gasteiger partial charge in [0.2, 0.25) is 0 Å². The molecule has 2 N–H and O–H groups in total.